The second kappa shape index (κ2) is 6.97. The third-order valence-electron chi connectivity index (χ3n) is 4.32. The van der Waals surface area contributed by atoms with Crippen LogP contribution in [-0.2, 0) is 0 Å². The summed E-state index contributed by atoms with van der Waals surface area (Å²) in [6, 6.07) is 17.7. The molecule has 0 spiro atoms. The van der Waals surface area contributed by atoms with E-state index in [4.69, 9.17) is 11.6 Å². The van der Waals surface area contributed by atoms with E-state index in [9.17, 15) is 4.79 Å². The van der Waals surface area contributed by atoms with Gasteiger partial charge in [-0.15, -0.1) is 0 Å². The molecule has 0 aliphatic carbocycles. The van der Waals surface area contributed by atoms with Crippen LogP contribution in [-0.4, -0.2) is 23.9 Å². The van der Waals surface area contributed by atoms with Crippen LogP contribution >= 0.6 is 11.6 Å². The molecular formula is C19H20ClNO. The SMILES string of the molecule is O=C(c1ccc(Cl)cc1)N1CCCCC(c2ccccc2)C1. The Morgan fingerprint density at radius 3 is 2.45 bits per heavy atom. The smallest absolute Gasteiger partial charge is 0.253 e. The van der Waals surface area contributed by atoms with Crippen LogP contribution in [0.4, 0.5) is 0 Å². The van der Waals surface area contributed by atoms with Gasteiger partial charge in [-0.05, 0) is 42.7 Å². The van der Waals surface area contributed by atoms with Gasteiger partial charge < -0.3 is 4.90 Å². The van der Waals surface area contributed by atoms with Gasteiger partial charge in [-0.2, -0.15) is 0 Å². The fourth-order valence-corrected chi connectivity index (χ4v) is 3.22. The Morgan fingerprint density at radius 1 is 1.00 bits per heavy atom. The highest BCUT2D eigenvalue weighted by Crippen LogP contribution is 2.27. The summed E-state index contributed by atoms with van der Waals surface area (Å²) >= 11 is 5.91. The quantitative estimate of drug-likeness (QED) is 0.783. The number of hydrogen-bond donors (Lipinski definition) is 0. The molecule has 0 saturated carbocycles. The highest BCUT2D eigenvalue weighted by atomic mass is 35.5. The largest absolute Gasteiger partial charge is 0.338 e. The van der Waals surface area contributed by atoms with Crippen LogP contribution in [0.2, 0.25) is 5.02 Å². The Labute approximate surface area is 136 Å². The summed E-state index contributed by atoms with van der Waals surface area (Å²) in [6.07, 6.45) is 3.39. The maximum atomic E-state index is 12.7. The fraction of sp³-hybridized carbons (Fsp3) is 0.316. The lowest BCUT2D eigenvalue weighted by Gasteiger charge is -2.25. The van der Waals surface area contributed by atoms with Crippen LogP contribution in [0.1, 0.15) is 41.1 Å². The molecular weight excluding hydrogens is 294 g/mol. The lowest BCUT2D eigenvalue weighted by molar-refractivity contribution is 0.0754. The van der Waals surface area contributed by atoms with Gasteiger partial charge in [0.2, 0.25) is 0 Å². The van der Waals surface area contributed by atoms with Crippen LogP contribution in [0, 0.1) is 0 Å². The van der Waals surface area contributed by atoms with Crippen molar-refractivity contribution < 1.29 is 4.79 Å². The van der Waals surface area contributed by atoms with Crippen LogP contribution in [0.3, 0.4) is 0 Å². The Kier molecular flexibility index (Phi) is 4.79. The predicted molar refractivity (Wildman–Crippen MR) is 90.4 cm³/mol. The Hall–Kier alpha value is -1.80. The van der Waals surface area contributed by atoms with Gasteiger partial charge in [0, 0.05) is 29.6 Å². The van der Waals surface area contributed by atoms with Crippen molar-refractivity contribution in [1.82, 2.24) is 4.90 Å². The summed E-state index contributed by atoms with van der Waals surface area (Å²) in [6.45, 7) is 1.64. The molecule has 22 heavy (non-hydrogen) atoms. The molecule has 1 aliphatic heterocycles. The molecule has 1 fully saturated rings. The van der Waals surface area contributed by atoms with E-state index in [1.807, 2.05) is 23.1 Å². The molecule has 3 heteroatoms. The minimum absolute atomic E-state index is 0.111. The maximum Gasteiger partial charge on any atom is 0.253 e. The van der Waals surface area contributed by atoms with E-state index in [1.165, 1.54) is 12.0 Å². The van der Waals surface area contributed by atoms with Crippen molar-refractivity contribution in [1.29, 1.82) is 0 Å². The molecule has 0 bridgehead atoms. The van der Waals surface area contributed by atoms with E-state index >= 15 is 0 Å². The summed E-state index contributed by atoms with van der Waals surface area (Å²) in [4.78, 5) is 14.7. The molecule has 3 rings (SSSR count). The number of carbonyl (C=O) groups excluding carboxylic acids is 1. The number of hydrogen-bond acceptors (Lipinski definition) is 1. The zero-order valence-electron chi connectivity index (χ0n) is 12.5. The fourth-order valence-electron chi connectivity index (χ4n) is 3.10. The Morgan fingerprint density at radius 2 is 1.73 bits per heavy atom. The molecule has 0 N–H and O–H groups in total. The van der Waals surface area contributed by atoms with Crippen LogP contribution in [0.5, 0.6) is 0 Å². The molecule has 1 heterocycles. The van der Waals surface area contributed by atoms with Crippen molar-refractivity contribution in [2.45, 2.75) is 25.2 Å². The van der Waals surface area contributed by atoms with Gasteiger partial charge in [-0.1, -0.05) is 48.4 Å². The third-order valence-corrected chi connectivity index (χ3v) is 4.57. The number of likely N-dealkylation sites (tertiary alicyclic amines) is 1. The maximum absolute atomic E-state index is 12.7. The zero-order chi connectivity index (χ0) is 15.4. The van der Waals surface area contributed by atoms with Gasteiger partial charge in [0.1, 0.15) is 0 Å². The number of carbonyl (C=O) groups is 1. The van der Waals surface area contributed by atoms with E-state index in [0.717, 1.165) is 31.5 Å². The number of halogens is 1. The first-order chi connectivity index (χ1) is 10.7. The molecule has 114 valence electrons. The number of nitrogens with zero attached hydrogens (tertiary/aromatic N) is 1. The van der Waals surface area contributed by atoms with Crippen LogP contribution in [0.15, 0.2) is 54.6 Å². The number of benzene rings is 2. The van der Waals surface area contributed by atoms with E-state index in [-0.39, 0.29) is 5.91 Å². The van der Waals surface area contributed by atoms with Crippen molar-refractivity contribution in [3.8, 4) is 0 Å². The van der Waals surface area contributed by atoms with Crippen LogP contribution in [0.25, 0.3) is 0 Å². The van der Waals surface area contributed by atoms with Crippen LogP contribution < -0.4 is 0 Å². The molecule has 1 aliphatic rings. The highest BCUT2D eigenvalue weighted by molar-refractivity contribution is 6.30. The van der Waals surface area contributed by atoms with E-state index < -0.39 is 0 Å². The van der Waals surface area contributed by atoms with Gasteiger partial charge >= 0.3 is 0 Å². The third kappa shape index (κ3) is 3.50. The first-order valence-corrected chi connectivity index (χ1v) is 8.21. The lowest BCUT2D eigenvalue weighted by atomic mass is 9.94. The van der Waals surface area contributed by atoms with E-state index in [0.29, 0.717) is 10.9 Å². The number of amides is 1. The second-order valence-corrected chi connectivity index (χ2v) is 6.30. The molecule has 2 aromatic rings. The monoisotopic (exact) mass is 313 g/mol. The summed E-state index contributed by atoms with van der Waals surface area (Å²) in [7, 11) is 0. The molecule has 2 aromatic carbocycles. The average molecular weight is 314 g/mol. The van der Waals surface area contributed by atoms with Gasteiger partial charge in [0.25, 0.3) is 5.91 Å². The van der Waals surface area contributed by atoms with Gasteiger partial charge in [0.05, 0.1) is 0 Å². The molecule has 1 atom stereocenters. The lowest BCUT2D eigenvalue weighted by Crippen LogP contribution is -2.34. The summed E-state index contributed by atoms with van der Waals surface area (Å²) in [5.74, 6) is 0.541. The van der Waals surface area contributed by atoms with E-state index in [1.54, 1.807) is 12.1 Å². The minimum Gasteiger partial charge on any atom is -0.338 e. The standard InChI is InChI=1S/C19H20ClNO/c20-18-11-9-16(10-12-18)19(22)21-13-5-4-8-17(14-21)15-6-2-1-3-7-15/h1-3,6-7,9-12,17H,4-5,8,13-14H2. The van der Waals surface area contributed by atoms with Crippen molar-refractivity contribution in [2.24, 2.45) is 0 Å². The molecule has 0 radical (unpaired) electrons. The summed E-state index contributed by atoms with van der Waals surface area (Å²) in [5, 5.41) is 0.662. The average Bonchev–Trinajstić information content (AvgIpc) is 2.82. The second-order valence-electron chi connectivity index (χ2n) is 5.86. The zero-order valence-corrected chi connectivity index (χ0v) is 13.3. The molecule has 1 saturated heterocycles. The Balaban J connectivity index is 1.78. The number of rotatable bonds is 2. The van der Waals surface area contributed by atoms with Crippen molar-refractivity contribution in [2.75, 3.05) is 13.1 Å². The molecule has 0 aromatic heterocycles. The van der Waals surface area contributed by atoms with Gasteiger partial charge in [-0.3, -0.25) is 4.79 Å². The molecule has 1 unspecified atom stereocenters. The first-order valence-electron chi connectivity index (χ1n) is 7.84. The van der Waals surface area contributed by atoms with Crippen molar-refractivity contribution in [3.05, 3.63) is 70.7 Å². The van der Waals surface area contributed by atoms with Crippen molar-refractivity contribution >= 4 is 17.5 Å². The normalized spacial score (nSPS) is 18.8. The molecule has 1 amide bonds. The summed E-state index contributed by atoms with van der Waals surface area (Å²) in [5.41, 5.74) is 2.05. The Bertz CT molecular complexity index is 624. The van der Waals surface area contributed by atoms with Crippen molar-refractivity contribution in [3.63, 3.8) is 0 Å². The molecule has 2 nitrogen and oxygen atoms in total. The predicted octanol–water partition coefficient (Wildman–Crippen LogP) is 4.75. The topological polar surface area (TPSA) is 20.3 Å². The minimum atomic E-state index is 0.111. The van der Waals surface area contributed by atoms with Gasteiger partial charge in [-0.25, -0.2) is 0 Å². The van der Waals surface area contributed by atoms with Gasteiger partial charge in [0.15, 0.2) is 0 Å². The summed E-state index contributed by atoms with van der Waals surface area (Å²) < 4.78 is 0. The van der Waals surface area contributed by atoms with E-state index in [2.05, 4.69) is 24.3 Å². The highest BCUT2D eigenvalue weighted by Gasteiger charge is 2.23. The first kappa shape index (κ1) is 15.1.